The fourth-order valence-electron chi connectivity index (χ4n) is 5.37. The molecule has 1 fully saturated rings. The van der Waals surface area contributed by atoms with Crippen molar-refractivity contribution in [3.05, 3.63) is 41.5 Å². The lowest BCUT2D eigenvalue weighted by atomic mass is 9.52. The van der Waals surface area contributed by atoms with Gasteiger partial charge in [0, 0.05) is 17.5 Å². The molecule has 1 heterocycles. The molecule has 1 saturated carbocycles. The summed E-state index contributed by atoms with van der Waals surface area (Å²) in [4.78, 5) is 0. The molecule has 1 aromatic rings. The average Bonchev–Trinajstić information content (AvgIpc) is 2.64. The third-order valence-electron chi connectivity index (χ3n) is 7.20. The summed E-state index contributed by atoms with van der Waals surface area (Å²) in [6, 6.07) is 5.77. The molecule has 0 bridgehead atoms. The first-order valence-electron chi connectivity index (χ1n) is 10.0. The van der Waals surface area contributed by atoms with Crippen molar-refractivity contribution in [3.63, 3.8) is 0 Å². The van der Waals surface area contributed by atoms with Crippen molar-refractivity contribution >= 4 is 6.08 Å². The molecule has 2 aliphatic carbocycles. The lowest BCUT2D eigenvalue weighted by Crippen LogP contribution is -2.50. The molecule has 27 heavy (non-hydrogen) atoms. The zero-order valence-electron chi connectivity index (χ0n) is 16.4. The first kappa shape index (κ1) is 18.6. The molecule has 0 amide bonds. The second kappa shape index (κ2) is 6.99. The number of benzene rings is 1. The Kier molecular flexibility index (Phi) is 4.81. The molecule has 0 saturated heterocycles. The van der Waals surface area contributed by atoms with Crippen LogP contribution >= 0.6 is 0 Å². The van der Waals surface area contributed by atoms with Crippen LogP contribution < -0.4 is 9.47 Å². The van der Waals surface area contributed by atoms with Gasteiger partial charge in [-0.25, -0.2) is 0 Å². The van der Waals surface area contributed by atoms with E-state index in [1.807, 2.05) is 24.3 Å². The highest BCUT2D eigenvalue weighted by Gasteiger charge is 2.50. The predicted molar refractivity (Wildman–Crippen MR) is 105 cm³/mol. The molecule has 1 aliphatic heterocycles. The van der Waals surface area contributed by atoms with Crippen molar-refractivity contribution in [1.29, 1.82) is 0 Å². The van der Waals surface area contributed by atoms with Crippen LogP contribution in [0.2, 0.25) is 0 Å². The second-order valence-corrected chi connectivity index (χ2v) is 8.69. The van der Waals surface area contributed by atoms with Crippen LogP contribution in [0.3, 0.4) is 0 Å². The maximum absolute atomic E-state index is 10.3. The minimum Gasteiger partial charge on any atom is -0.493 e. The molecule has 146 valence electrons. The number of ether oxygens (including phenoxy) is 2. The van der Waals surface area contributed by atoms with Gasteiger partial charge in [-0.15, -0.1) is 0 Å². The highest BCUT2D eigenvalue weighted by Crippen LogP contribution is 2.55. The van der Waals surface area contributed by atoms with Gasteiger partial charge in [-0.3, -0.25) is 0 Å². The molecular formula is C23H30O4. The molecule has 1 aromatic carbocycles. The summed E-state index contributed by atoms with van der Waals surface area (Å²) in [6.45, 7) is 7.40. The lowest BCUT2D eigenvalue weighted by molar-refractivity contribution is -0.0671. The molecule has 4 rings (SSSR count). The summed E-state index contributed by atoms with van der Waals surface area (Å²) in [5.41, 5.74) is 2.50. The Bertz CT molecular complexity index is 768. The van der Waals surface area contributed by atoms with Crippen LogP contribution in [0, 0.1) is 23.2 Å². The summed E-state index contributed by atoms with van der Waals surface area (Å²) in [5, 5.41) is 20.0. The minimum absolute atomic E-state index is 0.154. The van der Waals surface area contributed by atoms with Crippen LogP contribution in [0.25, 0.3) is 6.08 Å². The zero-order chi connectivity index (χ0) is 19.2. The largest absolute Gasteiger partial charge is 0.493 e. The number of rotatable bonds is 3. The maximum atomic E-state index is 10.3. The Hall–Kier alpha value is -1.78. The summed E-state index contributed by atoms with van der Waals surface area (Å²) in [7, 11) is 0. The van der Waals surface area contributed by atoms with E-state index >= 15 is 0 Å². The van der Waals surface area contributed by atoms with Gasteiger partial charge in [-0.1, -0.05) is 25.5 Å². The number of hydrogen-bond acceptors (Lipinski definition) is 4. The van der Waals surface area contributed by atoms with E-state index in [2.05, 4.69) is 26.8 Å². The summed E-state index contributed by atoms with van der Waals surface area (Å²) in [5.74, 6) is 2.57. The Morgan fingerprint density at radius 3 is 2.93 bits per heavy atom. The third-order valence-corrected chi connectivity index (χ3v) is 7.20. The molecule has 3 aliphatic rings. The molecule has 0 radical (unpaired) electrons. The van der Waals surface area contributed by atoms with Crippen molar-refractivity contribution in [2.75, 3.05) is 6.61 Å². The summed E-state index contributed by atoms with van der Waals surface area (Å²) in [6.07, 6.45) is 7.70. The number of allylic oxidation sites excluding steroid dienone is 1. The molecule has 4 nitrogen and oxygen atoms in total. The maximum Gasteiger partial charge on any atom is 0.217 e. The van der Waals surface area contributed by atoms with Crippen molar-refractivity contribution in [2.24, 2.45) is 23.2 Å². The van der Waals surface area contributed by atoms with Gasteiger partial charge in [0.05, 0.1) is 12.7 Å². The minimum atomic E-state index is -0.897. The van der Waals surface area contributed by atoms with Gasteiger partial charge < -0.3 is 19.7 Å². The number of aliphatic hydroxyl groups is 2. The van der Waals surface area contributed by atoms with Crippen molar-refractivity contribution in [3.8, 4) is 11.5 Å². The molecule has 0 aromatic heterocycles. The van der Waals surface area contributed by atoms with Crippen molar-refractivity contribution < 1.29 is 19.7 Å². The fraction of sp³-hybridized carbons (Fsp3) is 0.565. The van der Waals surface area contributed by atoms with Gasteiger partial charge in [0.2, 0.25) is 6.29 Å². The molecule has 1 unspecified atom stereocenters. The van der Waals surface area contributed by atoms with E-state index in [9.17, 15) is 10.2 Å². The second-order valence-electron chi connectivity index (χ2n) is 8.69. The highest BCUT2D eigenvalue weighted by atomic mass is 16.6. The predicted octanol–water partition coefficient (Wildman–Crippen LogP) is 4.17. The Labute approximate surface area is 161 Å². The van der Waals surface area contributed by atoms with E-state index in [1.54, 1.807) is 6.08 Å². The van der Waals surface area contributed by atoms with Crippen LogP contribution in [0.15, 0.2) is 35.9 Å². The topological polar surface area (TPSA) is 58.9 Å². The van der Waals surface area contributed by atoms with E-state index in [0.29, 0.717) is 30.1 Å². The highest BCUT2D eigenvalue weighted by molar-refractivity contribution is 5.61. The Morgan fingerprint density at radius 2 is 2.11 bits per heavy atom. The van der Waals surface area contributed by atoms with Crippen molar-refractivity contribution in [2.45, 2.75) is 52.4 Å². The lowest BCUT2D eigenvalue weighted by Gasteiger charge is -2.53. The van der Waals surface area contributed by atoms with Crippen LogP contribution in [0.1, 0.15) is 45.6 Å². The first-order chi connectivity index (χ1) is 12.9. The molecule has 4 heteroatoms. The summed E-state index contributed by atoms with van der Waals surface area (Å²) < 4.78 is 11.7. The average molecular weight is 370 g/mol. The van der Waals surface area contributed by atoms with E-state index in [0.717, 1.165) is 30.6 Å². The van der Waals surface area contributed by atoms with Gasteiger partial charge in [0.1, 0.15) is 11.5 Å². The number of hydrogen-bond donors (Lipinski definition) is 2. The van der Waals surface area contributed by atoms with E-state index in [1.165, 1.54) is 5.57 Å². The van der Waals surface area contributed by atoms with E-state index in [4.69, 9.17) is 9.47 Å². The van der Waals surface area contributed by atoms with Gasteiger partial charge in [0.15, 0.2) is 0 Å². The van der Waals surface area contributed by atoms with Crippen LogP contribution in [0.5, 0.6) is 11.5 Å². The third kappa shape index (κ3) is 3.30. The van der Waals surface area contributed by atoms with Gasteiger partial charge in [-0.2, -0.15) is 0 Å². The van der Waals surface area contributed by atoms with Crippen LogP contribution in [-0.4, -0.2) is 29.2 Å². The number of aliphatic hydroxyl groups excluding tert-OH is 2. The standard InChI is InChI=1S/C23H30O4/c1-14-4-8-18-15(2)20(24)10-11-23(18,3)19(14)13-26-17-7-5-16-6-9-22(25)27-21(16)12-17/h4-7,9,12,15,18-20,22,24-25H,8,10-11,13H2,1-3H3/t15-,18-,19-,20-,22?,23-/m1/s1. The normalized spacial score (nSPS) is 37.7. The SMILES string of the molecule is CC1=CC[C@@H]2[C@@H](C)[C@H](O)CC[C@@]2(C)[C@@H]1COc1ccc2c(c1)OC(O)C=C2. The monoisotopic (exact) mass is 370 g/mol. The molecule has 6 atom stereocenters. The van der Waals surface area contributed by atoms with E-state index < -0.39 is 6.29 Å². The number of fused-ring (bicyclic) bond motifs is 2. The molecule has 2 N–H and O–H groups in total. The Balaban J connectivity index is 1.52. The zero-order valence-corrected chi connectivity index (χ0v) is 16.4. The van der Waals surface area contributed by atoms with Crippen LogP contribution in [-0.2, 0) is 0 Å². The molecular weight excluding hydrogens is 340 g/mol. The summed E-state index contributed by atoms with van der Waals surface area (Å²) >= 11 is 0. The quantitative estimate of drug-likeness (QED) is 0.784. The van der Waals surface area contributed by atoms with Gasteiger partial charge in [0.25, 0.3) is 0 Å². The molecule has 0 spiro atoms. The fourth-order valence-corrected chi connectivity index (χ4v) is 5.37. The van der Waals surface area contributed by atoms with Crippen LogP contribution in [0.4, 0.5) is 0 Å². The van der Waals surface area contributed by atoms with Crippen molar-refractivity contribution in [1.82, 2.24) is 0 Å². The van der Waals surface area contributed by atoms with E-state index in [-0.39, 0.29) is 11.5 Å². The van der Waals surface area contributed by atoms with Gasteiger partial charge in [-0.05, 0) is 67.7 Å². The first-order valence-corrected chi connectivity index (χ1v) is 10.0. The Morgan fingerprint density at radius 1 is 1.30 bits per heavy atom. The smallest absolute Gasteiger partial charge is 0.217 e. The van der Waals surface area contributed by atoms with Gasteiger partial charge >= 0.3 is 0 Å².